The lowest BCUT2D eigenvalue weighted by atomic mass is 9.86. The van der Waals surface area contributed by atoms with E-state index in [1.807, 2.05) is 0 Å². The SMILES string of the molecule is CC(C)(O)C(CCO)CCO. The smallest absolute Gasteiger partial charge is 0.0621 e. The van der Waals surface area contributed by atoms with Crippen LogP contribution in [-0.4, -0.2) is 34.1 Å². The predicted octanol–water partition coefficient (Wildman–Crippen LogP) is 0.138. The normalized spacial score (nSPS) is 12.5. The van der Waals surface area contributed by atoms with Gasteiger partial charge >= 0.3 is 0 Å². The molecule has 0 saturated carbocycles. The molecule has 0 saturated heterocycles. The van der Waals surface area contributed by atoms with E-state index in [4.69, 9.17) is 10.2 Å². The van der Waals surface area contributed by atoms with E-state index >= 15 is 0 Å². The van der Waals surface area contributed by atoms with Crippen LogP contribution < -0.4 is 0 Å². The lowest BCUT2D eigenvalue weighted by Gasteiger charge is -2.28. The quantitative estimate of drug-likeness (QED) is 0.539. The molecule has 0 aromatic rings. The predicted molar refractivity (Wildman–Crippen MR) is 43.2 cm³/mol. The van der Waals surface area contributed by atoms with Crippen molar-refractivity contribution in [3.8, 4) is 0 Å². The van der Waals surface area contributed by atoms with Crippen molar-refractivity contribution in [3.05, 3.63) is 0 Å². The molecule has 0 aromatic carbocycles. The standard InChI is InChI=1S/C8H18O3/c1-8(2,11)7(3-5-9)4-6-10/h7,9-11H,3-6H2,1-2H3. The van der Waals surface area contributed by atoms with Crippen molar-refractivity contribution in [2.75, 3.05) is 13.2 Å². The van der Waals surface area contributed by atoms with Crippen molar-refractivity contribution in [2.24, 2.45) is 5.92 Å². The minimum absolute atomic E-state index is 0.0162. The molecule has 0 heterocycles. The molecule has 0 radical (unpaired) electrons. The fourth-order valence-electron chi connectivity index (χ4n) is 1.16. The minimum atomic E-state index is -0.800. The fraction of sp³-hybridized carbons (Fsp3) is 1.00. The van der Waals surface area contributed by atoms with Gasteiger partial charge in [-0.3, -0.25) is 0 Å². The first-order valence-corrected chi connectivity index (χ1v) is 3.96. The van der Waals surface area contributed by atoms with Gasteiger partial charge in [-0.1, -0.05) is 0 Å². The summed E-state index contributed by atoms with van der Waals surface area (Å²) in [5, 5.41) is 26.8. The highest BCUT2D eigenvalue weighted by Gasteiger charge is 2.25. The average molecular weight is 162 g/mol. The fourth-order valence-corrected chi connectivity index (χ4v) is 1.16. The molecule has 3 nitrogen and oxygen atoms in total. The minimum Gasteiger partial charge on any atom is -0.396 e. The molecule has 0 aromatic heterocycles. The summed E-state index contributed by atoms with van der Waals surface area (Å²) in [6, 6.07) is 0. The number of hydrogen-bond acceptors (Lipinski definition) is 3. The maximum absolute atomic E-state index is 9.52. The van der Waals surface area contributed by atoms with Crippen LogP contribution in [0.2, 0.25) is 0 Å². The maximum Gasteiger partial charge on any atom is 0.0621 e. The van der Waals surface area contributed by atoms with E-state index in [-0.39, 0.29) is 19.1 Å². The molecule has 0 fully saturated rings. The third-order valence-electron chi connectivity index (χ3n) is 1.95. The summed E-state index contributed by atoms with van der Waals surface area (Å²) in [4.78, 5) is 0. The van der Waals surface area contributed by atoms with Gasteiger partial charge in [-0.05, 0) is 32.6 Å². The van der Waals surface area contributed by atoms with Crippen molar-refractivity contribution in [3.63, 3.8) is 0 Å². The lowest BCUT2D eigenvalue weighted by molar-refractivity contribution is -0.00415. The van der Waals surface area contributed by atoms with Crippen LogP contribution in [0.3, 0.4) is 0 Å². The Hall–Kier alpha value is -0.120. The number of aliphatic hydroxyl groups excluding tert-OH is 2. The first kappa shape index (κ1) is 10.9. The third-order valence-corrected chi connectivity index (χ3v) is 1.95. The summed E-state index contributed by atoms with van der Waals surface area (Å²) in [5.41, 5.74) is -0.800. The second kappa shape index (κ2) is 4.70. The van der Waals surface area contributed by atoms with Crippen LogP contribution in [0.15, 0.2) is 0 Å². The van der Waals surface area contributed by atoms with E-state index in [2.05, 4.69) is 0 Å². The van der Waals surface area contributed by atoms with Crippen molar-refractivity contribution >= 4 is 0 Å². The molecule has 0 atom stereocenters. The van der Waals surface area contributed by atoms with E-state index in [9.17, 15) is 5.11 Å². The van der Waals surface area contributed by atoms with Gasteiger partial charge in [0, 0.05) is 13.2 Å². The van der Waals surface area contributed by atoms with Gasteiger partial charge in [0.15, 0.2) is 0 Å². The Bertz CT molecular complexity index is 90.0. The molecular weight excluding hydrogens is 144 g/mol. The Morgan fingerprint density at radius 1 is 1.09 bits per heavy atom. The summed E-state index contributed by atoms with van der Waals surface area (Å²) in [6.45, 7) is 3.52. The summed E-state index contributed by atoms with van der Waals surface area (Å²) < 4.78 is 0. The molecule has 68 valence electrons. The number of aliphatic hydroxyl groups is 3. The van der Waals surface area contributed by atoms with Gasteiger partial charge in [-0.25, -0.2) is 0 Å². The van der Waals surface area contributed by atoms with Gasteiger partial charge in [0.1, 0.15) is 0 Å². The van der Waals surface area contributed by atoms with Crippen LogP contribution in [0.5, 0.6) is 0 Å². The highest BCUT2D eigenvalue weighted by Crippen LogP contribution is 2.22. The van der Waals surface area contributed by atoms with Crippen LogP contribution in [0.1, 0.15) is 26.7 Å². The zero-order chi connectivity index (χ0) is 8.91. The van der Waals surface area contributed by atoms with E-state index in [0.717, 1.165) is 0 Å². The molecular formula is C8H18O3. The molecule has 0 amide bonds. The molecule has 11 heavy (non-hydrogen) atoms. The van der Waals surface area contributed by atoms with Crippen LogP contribution in [0.4, 0.5) is 0 Å². The molecule has 0 aliphatic rings. The second-order valence-corrected chi connectivity index (χ2v) is 3.38. The summed E-state index contributed by atoms with van der Waals surface area (Å²) in [5.74, 6) is -0.0162. The van der Waals surface area contributed by atoms with Gasteiger partial charge in [0.05, 0.1) is 5.60 Å². The highest BCUT2D eigenvalue weighted by molar-refractivity contribution is 4.76. The van der Waals surface area contributed by atoms with Crippen LogP contribution in [0, 0.1) is 5.92 Å². The number of hydrogen-bond donors (Lipinski definition) is 3. The zero-order valence-electron chi connectivity index (χ0n) is 7.25. The Balaban J connectivity index is 3.88. The van der Waals surface area contributed by atoms with Crippen molar-refractivity contribution in [2.45, 2.75) is 32.3 Å². The Kier molecular flexibility index (Phi) is 4.65. The van der Waals surface area contributed by atoms with E-state index in [0.29, 0.717) is 12.8 Å². The first-order chi connectivity index (χ1) is 5.02. The van der Waals surface area contributed by atoms with Crippen LogP contribution in [-0.2, 0) is 0 Å². The van der Waals surface area contributed by atoms with Gasteiger partial charge in [0.2, 0.25) is 0 Å². The molecule has 0 unspecified atom stereocenters. The molecule has 3 N–H and O–H groups in total. The average Bonchev–Trinajstić information content (AvgIpc) is 1.85. The summed E-state index contributed by atoms with van der Waals surface area (Å²) >= 11 is 0. The van der Waals surface area contributed by atoms with Crippen LogP contribution in [0.25, 0.3) is 0 Å². The Labute approximate surface area is 67.7 Å². The lowest BCUT2D eigenvalue weighted by Crippen LogP contribution is -2.32. The zero-order valence-corrected chi connectivity index (χ0v) is 7.25. The first-order valence-electron chi connectivity index (χ1n) is 3.96. The van der Waals surface area contributed by atoms with Crippen molar-refractivity contribution < 1.29 is 15.3 Å². The largest absolute Gasteiger partial charge is 0.396 e. The van der Waals surface area contributed by atoms with Gasteiger partial charge in [0.25, 0.3) is 0 Å². The van der Waals surface area contributed by atoms with Gasteiger partial charge < -0.3 is 15.3 Å². The Morgan fingerprint density at radius 2 is 1.45 bits per heavy atom. The van der Waals surface area contributed by atoms with E-state index in [1.54, 1.807) is 13.8 Å². The molecule has 0 bridgehead atoms. The topological polar surface area (TPSA) is 60.7 Å². The highest BCUT2D eigenvalue weighted by atomic mass is 16.3. The molecule has 0 aliphatic heterocycles. The molecule has 0 aliphatic carbocycles. The van der Waals surface area contributed by atoms with Crippen LogP contribution >= 0.6 is 0 Å². The van der Waals surface area contributed by atoms with Crippen molar-refractivity contribution in [1.82, 2.24) is 0 Å². The Morgan fingerprint density at radius 3 is 1.64 bits per heavy atom. The summed E-state index contributed by atoms with van der Waals surface area (Å²) in [6.07, 6.45) is 1.09. The van der Waals surface area contributed by atoms with Gasteiger partial charge in [-0.15, -0.1) is 0 Å². The van der Waals surface area contributed by atoms with E-state index in [1.165, 1.54) is 0 Å². The van der Waals surface area contributed by atoms with E-state index < -0.39 is 5.60 Å². The maximum atomic E-state index is 9.52. The third kappa shape index (κ3) is 4.35. The second-order valence-electron chi connectivity index (χ2n) is 3.38. The molecule has 3 heteroatoms. The van der Waals surface area contributed by atoms with Gasteiger partial charge in [-0.2, -0.15) is 0 Å². The number of rotatable bonds is 5. The summed E-state index contributed by atoms with van der Waals surface area (Å²) in [7, 11) is 0. The molecule has 0 rings (SSSR count). The van der Waals surface area contributed by atoms with Crippen molar-refractivity contribution in [1.29, 1.82) is 0 Å². The molecule has 0 spiro atoms. The monoisotopic (exact) mass is 162 g/mol.